The number of hydrogen-bond acceptors (Lipinski definition) is 3. The molecule has 3 rings (SSSR count). The molecule has 2 saturated heterocycles. The molecule has 1 atom stereocenters. The molecule has 3 aliphatic rings. The largest absolute Gasteiger partial charge is 0.352 e. The zero-order valence-corrected chi connectivity index (χ0v) is 15.6. The van der Waals surface area contributed by atoms with Crippen molar-refractivity contribution in [3.05, 3.63) is 0 Å². The molecule has 0 aromatic rings. The van der Waals surface area contributed by atoms with Crippen molar-refractivity contribution in [2.75, 3.05) is 32.7 Å². The third-order valence-corrected chi connectivity index (χ3v) is 6.55. The van der Waals surface area contributed by atoms with E-state index in [1.165, 1.54) is 57.9 Å². The van der Waals surface area contributed by atoms with Gasteiger partial charge < -0.3 is 10.2 Å². The lowest BCUT2D eigenvalue weighted by Crippen LogP contribution is -2.52. The average molecular weight is 336 g/mol. The maximum Gasteiger partial charge on any atom is 0.223 e. The lowest BCUT2D eigenvalue weighted by atomic mass is 9.94. The number of rotatable bonds is 4. The lowest BCUT2D eigenvalue weighted by Gasteiger charge is -2.39. The summed E-state index contributed by atoms with van der Waals surface area (Å²) in [6.07, 6.45) is 12.9. The van der Waals surface area contributed by atoms with Crippen LogP contribution in [-0.4, -0.2) is 60.5 Å². The molecule has 0 spiro atoms. The average Bonchev–Trinajstić information content (AvgIpc) is 2.91. The van der Waals surface area contributed by atoms with Gasteiger partial charge in [-0.2, -0.15) is 0 Å². The maximum absolute atomic E-state index is 12.7. The number of likely N-dealkylation sites (tertiary alicyclic amines) is 2. The van der Waals surface area contributed by atoms with E-state index in [2.05, 4.69) is 22.0 Å². The zero-order chi connectivity index (χ0) is 16.8. The summed E-state index contributed by atoms with van der Waals surface area (Å²) in [6, 6.07) is 1.17. The van der Waals surface area contributed by atoms with E-state index in [0.29, 0.717) is 11.9 Å². The normalized spacial score (nSPS) is 29.3. The van der Waals surface area contributed by atoms with Gasteiger partial charge in [-0.05, 0) is 64.7 Å². The summed E-state index contributed by atoms with van der Waals surface area (Å²) in [5.74, 6) is 0.583. The number of nitrogens with zero attached hydrogens (tertiary/aromatic N) is 2. The fourth-order valence-electron chi connectivity index (χ4n) is 4.91. The Bertz CT molecular complexity index is 384. The Morgan fingerprint density at radius 3 is 2.29 bits per heavy atom. The number of piperidine rings is 2. The second-order valence-electron chi connectivity index (χ2n) is 8.20. The number of carbonyl (C=O) groups excluding carboxylic acids is 1. The highest BCUT2D eigenvalue weighted by Crippen LogP contribution is 2.25. The van der Waals surface area contributed by atoms with Crippen LogP contribution in [-0.2, 0) is 4.79 Å². The van der Waals surface area contributed by atoms with Crippen LogP contribution in [0.3, 0.4) is 0 Å². The van der Waals surface area contributed by atoms with Crippen molar-refractivity contribution in [2.45, 2.75) is 83.2 Å². The van der Waals surface area contributed by atoms with Gasteiger partial charge in [-0.3, -0.25) is 9.69 Å². The molecule has 0 radical (unpaired) electrons. The van der Waals surface area contributed by atoms with Crippen LogP contribution in [0, 0.1) is 5.92 Å². The number of carbonyl (C=O) groups is 1. The molecular formula is C20H37N3O. The van der Waals surface area contributed by atoms with E-state index >= 15 is 0 Å². The van der Waals surface area contributed by atoms with Crippen LogP contribution >= 0.6 is 0 Å². The van der Waals surface area contributed by atoms with E-state index in [9.17, 15) is 4.79 Å². The van der Waals surface area contributed by atoms with Gasteiger partial charge in [0.2, 0.25) is 5.91 Å². The van der Waals surface area contributed by atoms with E-state index < -0.39 is 0 Å². The first-order chi connectivity index (χ1) is 11.8. The first-order valence-electron chi connectivity index (χ1n) is 10.5. The van der Waals surface area contributed by atoms with Gasteiger partial charge in [0.15, 0.2) is 0 Å². The molecule has 1 aliphatic carbocycles. The molecule has 24 heavy (non-hydrogen) atoms. The van der Waals surface area contributed by atoms with Crippen LogP contribution in [0.2, 0.25) is 0 Å². The second-order valence-corrected chi connectivity index (χ2v) is 8.20. The number of nitrogens with one attached hydrogen (secondary N) is 1. The number of hydrogen-bond donors (Lipinski definition) is 1. The fraction of sp³-hybridized carbons (Fsp3) is 0.950. The number of amides is 1. The topological polar surface area (TPSA) is 35.6 Å². The fourth-order valence-corrected chi connectivity index (χ4v) is 4.91. The lowest BCUT2D eigenvalue weighted by molar-refractivity contribution is -0.127. The molecule has 0 aromatic heterocycles. The molecule has 4 heteroatoms. The summed E-state index contributed by atoms with van der Waals surface area (Å²) < 4.78 is 0. The SMILES string of the molecule is CCN1CCC(C(=O)NC2CCCN(C3CCCCCC3)C2)CC1. The van der Waals surface area contributed by atoms with Gasteiger partial charge >= 0.3 is 0 Å². The molecule has 0 aromatic carbocycles. The minimum Gasteiger partial charge on any atom is -0.352 e. The van der Waals surface area contributed by atoms with Gasteiger partial charge in [0, 0.05) is 24.5 Å². The third-order valence-electron chi connectivity index (χ3n) is 6.55. The monoisotopic (exact) mass is 335 g/mol. The minimum atomic E-state index is 0.251. The maximum atomic E-state index is 12.7. The van der Waals surface area contributed by atoms with E-state index in [4.69, 9.17) is 0 Å². The highest BCUT2D eigenvalue weighted by Gasteiger charge is 2.30. The van der Waals surface area contributed by atoms with Crippen LogP contribution < -0.4 is 5.32 Å². The van der Waals surface area contributed by atoms with Crippen molar-refractivity contribution in [1.82, 2.24) is 15.1 Å². The standard InChI is InChI=1S/C20H37N3O/c1-2-22-14-11-17(12-15-22)20(24)21-18-8-7-13-23(16-18)19-9-5-3-4-6-10-19/h17-19H,2-16H2,1H3,(H,21,24). The predicted molar refractivity (Wildman–Crippen MR) is 99.1 cm³/mol. The molecule has 1 N–H and O–H groups in total. The van der Waals surface area contributed by atoms with Crippen molar-refractivity contribution >= 4 is 5.91 Å². The van der Waals surface area contributed by atoms with Gasteiger partial charge in [0.25, 0.3) is 0 Å². The Balaban J connectivity index is 1.45. The first kappa shape index (κ1) is 18.2. The molecule has 1 unspecified atom stereocenters. The predicted octanol–water partition coefficient (Wildman–Crippen LogP) is 3.02. The summed E-state index contributed by atoms with van der Waals surface area (Å²) >= 11 is 0. The van der Waals surface area contributed by atoms with Crippen molar-refractivity contribution in [1.29, 1.82) is 0 Å². The molecule has 2 heterocycles. The van der Waals surface area contributed by atoms with Crippen molar-refractivity contribution in [3.63, 3.8) is 0 Å². The summed E-state index contributed by atoms with van der Waals surface area (Å²) in [5, 5.41) is 3.41. The highest BCUT2D eigenvalue weighted by molar-refractivity contribution is 5.79. The van der Waals surface area contributed by atoms with E-state index in [1.54, 1.807) is 0 Å². The van der Waals surface area contributed by atoms with Gasteiger partial charge in [-0.15, -0.1) is 0 Å². The quantitative estimate of drug-likeness (QED) is 0.802. The Morgan fingerprint density at radius 2 is 1.62 bits per heavy atom. The Labute approximate surface area is 148 Å². The Kier molecular flexibility index (Phi) is 6.96. The second kappa shape index (κ2) is 9.19. The first-order valence-corrected chi connectivity index (χ1v) is 10.5. The molecule has 1 amide bonds. The highest BCUT2D eigenvalue weighted by atomic mass is 16.2. The molecule has 1 saturated carbocycles. The summed E-state index contributed by atoms with van der Waals surface area (Å²) in [6.45, 7) is 7.84. The van der Waals surface area contributed by atoms with Crippen LogP contribution in [0.25, 0.3) is 0 Å². The third kappa shape index (κ3) is 4.95. The van der Waals surface area contributed by atoms with Crippen molar-refractivity contribution < 1.29 is 4.79 Å². The Hall–Kier alpha value is -0.610. The summed E-state index contributed by atoms with van der Waals surface area (Å²) in [5.41, 5.74) is 0. The molecular weight excluding hydrogens is 298 g/mol. The molecule has 0 bridgehead atoms. The minimum absolute atomic E-state index is 0.251. The van der Waals surface area contributed by atoms with Gasteiger partial charge in [0.1, 0.15) is 0 Å². The van der Waals surface area contributed by atoms with Crippen molar-refractivity contribution in [3.8, 4) is 0 Å². The van der Waals surface area contributed by atoms with E-state index in [0.717, 1.165) is 45.1 Å². The smallest absolute Gasteiger partial charge is 0.223 e. The van der Waals surface area contributed by atoms with Crippen LogP contribution in [0.1, 0.15) is 71.1 Å². The van der Waals surface area contributed by atoms with E-state index in [-0.39, 0.29) is 5.92 Å². The molecule has 3 fully saturated rings. The van der Waals surface area contributed by atoms with Gasteiger partial charge in [0.05, 0.1) is 0 Å². The Morgan fingerprint density at radius 1 is 0.917 bits per heavy atom. The summed E-state index contributed by atoms with van der Waals surface area (Å²) in [7, 11) is 0. The van der Waals surface area contributed by atoms with Gasteiger partial charge in [-0.25, -0.2) is 0 Å². The molecule has 138 valence electrons. The molecule has 4 nitrogen and oxygen atoms in total. The van der Waals surface area contributed by atoms with Crippen LogP contribution in [0.5, 0.6) is 0 Å². The summed E-state index contributed by atoms with van der Waals surface area (Å²) in [4.78, 5) is 17.8. The molecule has 2 aliphatic heterocycles. The van der Waals surface area contributed by atoms with Crippen LogP contribution in [0.4, 0.5) is 0 Å². The van der Waals surface area contributed by atoms with Crippen molar-refractivity contribution in [2.24, 2.45) is 5.92 Å². The van der Waals surface area contributed by atoms with E-state index in [1.807, 2.05) is 0 Å². The van der Waals surface area contributed by atoms with Crippen LogP contribution in [0.15, 0.2) is 0 Å². The zero-order valence-electron chi connectivity index (χ0n) is 15.6. The van der Waals surface area contributed by atoms with Gasteiger partial charge in [-0.1, -0.05) is 32.6 Å².